The lowest BCUT2D eigenvalue weighted by Crippen LogP contribution is -2.38. The Kier molecular flexibility index (Phi) is 2.74. The number of aromatic amines is 2. The van der Waals surface area contributed by atoms with Crippen LogP contribution in [0.15, 0.2) is 14.4 Å². The molecular weight excluding hydrogens is 256 g/mol. The molecular formula is C10H10N4O5. The molecule has 2 heterocycles. The van der Waals surface area contributed by atoms with Gasteiger partial charge in [0, 0.05) is 11.3 Å². The largest absolute Gasteiger partial charge is 0.481 e. The van der Waals surface area contributed by atoms with Crippen LogP contribution in [0.2, 0.25) is 0 Å². The number of rotatable bonds is 2. The molecule has 0 bridgehead atoms. The Labute approximate surface area is 104 Å². The Bertz CT molecular complexity index is 857. The maximum Gasteiger partial charge on any atom is 0.337 e. The minimum absolute atomic E-state index is 0.0754. The van der Waals surface area contributed by atoms with E-state index in [1.165, 1.54) is 6.92 Å². The lowest BCUT2D eigenvalue weighted by Gasteiger charge is -2.08. The molecule has 9 heteroatoms. The average Bonchev–Trinajstić information content (AvgIpc) is 2.30. The van der Waals surface area contributed by atoms with Gasteiger partial charge in [-0.25, -0.2) is 9.20 Å². The van der Waals surface area contributed by atoms with E-state index in [4.69, 9.17) is 10.8 Å². The number of anilines is 1. The molecule has 2 aromatic rings. The van der Waals surface area contributed by atoms with Crippen molar-refractivity contribution < 1.29 is 9.90 Å². The SMILES string of the molecule is Cc1[nH]c2c(N)c(=O)[nH]c(=O)n2c(=O)c1CC(=O)O. The number of H-pyrrole nitrogens is 2. The smallest absolute Gasteiger partial charge is 0.337 e. The maximum absolute atomic E-state index is 12.1. The van der Waals surface area contributed by atoms with Gasteiger partial charge >= 0.3 is 11.7 Å². The second-order valence-corrected chi connectivity index (χ2v) is 3.96. The molecule has 0 unspecified atom stereocenters. The molecule has 100 valence electrons. The fraction of sp³-hybridized carbons (Fsp3) is 0.200. The number of nitrogens with two attached hydrogens (primary N) is 1. The van der Waals surface area contributed by atoms with Crippen LogP contribution >= 0.6 is 0 Å². The standard InChI is InChI=1S/C10H10N4O5/c1-3-4(2-5(15)16)9(18)14-7(12-3)6(11)8(17)13-10(14)19/h12H,2,11H2,1H3,(H,15,16)(H,13,17,19). The molecule has 0 saturated heterocycles. The van der Waals surface area contributed by atoms with Crippen LogP contribution < -0.4 is 22.5 Å². The van der Waals surface area contributed by atoms with Crippen LogP contribution in [0.3, 0.4) is 0 Å². The summed E-state index contributed by atoms with van der Waals surface area (Å²) in [6.45, 7) is 1.46. The number of nitrogens with zero attached hydrogens (tertiary/aromatic N) is 1. The van der Waals surface area contributed by atoms with E-state index in [0.29, 0.717) is 4.40 Å². The first-order valence-corrected chi connectivity index (χ1v) is 5.21. The van der Waals surface area contributed by atoms with Gasteiger partial charge in [-0.2, -0.15) is 0 Å². The highest BCUT2D eigenvalue weighted by Gasteiger charge is 2.16. The molecule has 0 aliphatic heterocycles. The van der Waals surface area contributed by atoms with Crippen LogP contribution in [0.1, 0.15) is 11.3 Å². The van der Waals surface area contributed by atoms with Crippen molar-refractivity contribution in [2.75, 3.05) is 5.73 Å². The van der Waals surface area contributed by atoms with E-state index < -0.39 is 29.2 Å². The van der Waals surface area contributed by atoms with Gasteiger partial charge in [0.05, 0.1) is 6.42 Å². The van der Waals surface area contributed by atoms with Gasteiger partial charge in [-0.15, -0.1) is 0 Å². The predicted octanol–water partition coefficient (Wildman–Crippen LogP) is -1.81. The molecule has 0 radical (unpaired) electrons. The number of hydrogen-bond donors (Lipinski definition) is 4. The molecule has 0 aliphatic rings. The maximum atomic E-state index is 12.1. The van der Waals surface area contributed by atoms with Crippen molar-refractivity contribution >= 4 is 17.3 Å². The molecule has 0 saturated carbocycles. The van der Waals surface area contributed by atoms with Crippen LogP contribution in [-0.4, -0.2) is 25.4 Å². The third kappa shape index (κ3) is 1.90. The van der Waals surface area contributed by atoms with Crippen LogP contribution in [-0.2, 0) is 11.2 Å². The van der Waals surface area contributed by atoms with Gasteiger partial charge in [0.25, 0.3) is 11.1 Å². The van der Waals surface area contributed by atoms with Gasteiger partial charge < -0.3 is 15.8 Å². The number of aryl methyl sites for hydroxylation is 1. The van der Waals surface area contributed by atoms with Crippen LogP contribution in [0, 0.1) is 6.92 Å². The molecule has 0 aromatic carbocycles. The summed E-state index contributed by atoms with van der Waals surface area (Å²) in [5.41, 5.74) is 2.58. The fourth-order valence-corrected chi connectivity index (χ4v) is 1.77. The molecule has 0 spiro atoms. The lowest BCUT2D eigenvalue weighted by atomic mass is 10.1. The second kappa shape index (κ2) is 4.12. The van der Waals surface area contributed by atoms with Crippen molar-refractivity contribution in [2.45, 2.75) is 13.3 Å². The van der Waals surface area contributed by atoms with E-state index >= 15 is 0 Å². The minimum atomic E-state index is -1.21. The molecule has 19 heavy (non-hydrogen) atoms. The Morgan fingerprint density at radius 3 is 2.53 bits per heavy atom. The van der Waals surface area contributed by atoms with Crippen molar-refractivity contribution in [1.29, 1.82) is 0 Å². The number of hydrogen-bond acceptors (Lipinski definition) is 5. The summed E-state index contributed by atoms with van der Waals surface area (Å²) in [6, 6.07) is 0. The first-order chi connectivity index (χ1) is 8.82. The third-order valence-corrected chi connectivity index (χ3v) is 2.69. The number of nitrogens with one attached hydrogen (secondary N) is 2. The number of aromatic nitrogens is 3. The summed E-state index contributed by atoms with van der Waals surface area (Å²) in [7, 11) is 0. The lowest BCUT2D eigenvalue weighted by molar-refractivity contribution is -0.136. The van der Waals surface area contributed by atoms with Gasteiger partial charge in [-0.1, -0.05) is 0 Å². The van der Waals surface area contributed by atoms with Gasteiger partial charge in [-0.3, -0.25) is 19.4 Å². The van der Waals surface area contributed by atoms with E-state index in [1.54, 1.807) is 0 Å². The van der Waals surface area contributed by atoms with Gasteiger partial charge in [0.1, 0.15) is 5.69 Å². The molecule has 2 rings (SSSR count). The Morgan fingerprint density at radius 2 is 1.95 bits per heavy atom. The van der Waals surface area contributed by atoms with Gasteiger partial charge in [0.2, 0.25) is 0 Å². The van der Waals surface area contributed by atoms with Crippen LogP contribution in [0.25, 0.3) is 5.65 Å². The highest BCUT2D eigenvalue weighted by atomic mass is 16.4. The van der Waals surface area contributed by atoms with E-state index in [9.17, 15) is 19.2 Å². The number of carboxylic acids is 1. The second-order valence-electron chi connectivity index (χ2n) is 3.96. The Balaban J connectivity index is 3.02. The molecule has 0 fully saturated rings. The molecule has 0 amide bonds. The molecule has 5 N–H and O–H groups in total. The monoisotopic (exact) mass is 266 g/mol. The number of fused-ring (bicyclic) bond motifs is 1. The Morgan fingerprint density at radius 1 is 1.32 bits per heavy atom. The predicted molar refractivity (Wildman–Crippen MR) is 65.4 cm³/mol. The molecule has 0 aliphatic carbocycles. The fourth-order valence-electron chi connectivity index (χ4n) is 1.77. The van der Waals surface area contributed by atoms with Crippen molar-refractivity contribution in [3.63, 3.8) is 0 Å². The van der Waals surface area contributed by atoms with E-state index in [-0.39, 0.29) is 22.6 Å². The highest BCUT2D eigenvalue weighted by Crippen LogP contribution is 2.05. The highest BCUT2D eigenvalue weighted by molar-refractivity contribution is 5.71. The first kappa shape index (κ1) is 12.6. The van der Waals surface area contributed by atoms with Crippen molar-refractivity contribution in [2.24, 2.45) is 0 Å². The van der Waals surface area contributed by atoms with Crippen LogP contribution in [0.5, 0.6) is 0 Å². The summed E-state index contributed by atoms with van der Waals surface area (Å²) >= 11 is 0. The molecule has 2 aromatic heterocycles. The zero-order valence-electron chi connectivity index (χ0n) is 9.81. The summed E-state index contributed by atoms with van der Waals surface area (Å²) < 4.78 is 0.613. The normalized spacial score (nSPS) is 10.8. The third-order valence-electron chi connectivity index (χ3n) is 2.69. The van der Waals surface area contributed by atoms with E-state index in [1.807, 2.05) is 4.98 Å². The number of carboxylic acid groups (broad SMARTS) is 1. The molecule has 0 atom stereocenters. The Hall–Kier alpha value is -2.84. The van der Waals surface area contributed by atoms with Crippen LogP contribution in [0.4, 0.5) is 5.69 Å². The summed E-state index contributed by atoms with van der Waals surface area (Å²) in [5, 5.41) is 8.73. The topological polar surface area (TPSA) is 151 Å². The minimum Gasteiger partial charge on any atom is -0.481 e. The number of carbonyl (C=O) groups is 1. The van der Waals surface area contributed by atoms with Crippen molar-refractivity contribution in [3.8, 4) is 0 Å². The average molecular weight is 266 g/mol. The zero-order valence-corrected chi connectivity index (χ0v) is 9.81. The van der Waals surface area contributed by atoms with Gasteiger partial charge in [-0.05, 0) is 6.92 Å². The van der Waals surface area contributed by atoms with Crippen molar-refractivity contribution in [1.82, 2.24) is 14.4 Å². The van der Waals surface area contributed by atoms with E-state index in [0.717, 1.165) is 0 Å². The summed E-state index contributed by atoms with van der Waals surface area (Å²) in [5.74, 6) is -1.21. The summed E-state index contributed by atoms with van der Waals surface area (Å²) in [4.78, 5) is 50.2. The van der Waals surface area contributed by atoms with Gasteiger partial charge in [0.15, 0.2) is 5.65 Å². The quantitative estimate of drug-likeness (QED) is 0.503. The molecule has 9 nitrogen and oxygen atoms in total. The van der Waals surface area contributed by atoms with Crippen molar-refractivity contribution in [3.05, 3.63) is 42.4 Å². The first-order valence-electron chi connectivity index (χ1n) is 5.21. The number of nitrogen functional groups attached to an aromatic ring is 1. The van der Waals surface area contributed by atoms with E-state index in [2.05, 4.69) is 4.98 Å². The summed E-state index contributed by atoms with van der Waals surface area (Å²) in [6.07, 6.45) is -0.539. The zero-order chi connectivity index (χ0) is 14.3. The number of aliphatic carboxylic acids is 1.